The number of benzene rings is 4. The maximum absolute atomic E-state index is 15.2. The predicted octanol–water partition coefficient (Wildman–Crippen LogP) is 6.84. The van der Waals surface area contributed by atoms with Gasteiger partial charge in [-0.3, -0.25) is 34.7 Å². The van der Waals surface area contributed by atoms with Crippen LogP contribution in [-0.4, -0.2) is 45.8 Å². The van der Waals surface area contributed by atoms with Crippen molar-refractivity contribution in [1.82, 2.24) is 5.01 Å². The van der Waals surface area contributed by atoms with Crippen LogP contribution < -0.4 is 15.1 Å². The van der Waals surface area contributed by atoms with Crippen molar-refractivity contribution in [1.29, 1.82) is 0 Å². The van der Waals surface area contributed by atoms with Gasteiger partial charge in [-0.25, -0.2) is 9.29 Å². The molecule has 55 heavy (non-hydrogen) atoms. The minimum Gasteiger partial charge on any atom is -0.504 e. The molecule has 8 rings (SSSR count). The number of anilines is 2. The van der Waals surface area contributed by atoms with Crippen LogP contribution in [0.5, 0.6) is 11.5 Å². The molecule has 0 bridgehead atoms. The quantitative estimate of drug-likeness (QED) is 0.0849. The molecule has 2 aliphatic carbocycles. The normalized spacial score (nSPS) is 25.8. The number of non-ortho nitro benzene ring substituents is 1. The van der Waals surface area contributed by atoms with E-state index in [9.17, 15) is 34.0 Å². The third-order valence-electron chi connectivity index (χ3n) is 11.3. The average molecular weight is 763 g/mol. The summed E-state index contributed by atoms with van der Waals surface area (Å²) in [7, 11) is 1.42. The van der Waals surface area contributed by atoms with Gasteiger partial charge in [-0.2, -0.15) is 5.01 Å². The number of carbonyl (C=O) groups is 4. The first kappa shape index (κ1) is 35.7. The van der Waals surface area contributed by atoms with Crippen LogP contribution in [0.2, 0.25) is 5.02 Å². The van der Waals surface area contributed by atoms with Gasteiger partial charge in [-0.05, 0) is 84.5 Å². The van der Waals surface area contributed by atoms with E-state index >= 15 is 4.79 Å². The number of phenols is 1. The highest BCUT2D eigenvalue weighted by Gasteiger charge is 2.69. The van der Waals surface area contributed by atoms with E-state index in [-0.39, 0.29) is 41.4 Å². The van der Waals surface area contributed by atoms with Crippen LogP contribution in [0.3, 0.4) is 0 Å². The number of amides is 4. The van der Waals surface area contributed by atoms with Crippen LogP contribution in [0.1, 0.15) is 24.0 Å². The van der Waals surface area contributed by atoms with Gasteiger partial charge in [-0.1, -0.05) is 59.7 Å². The molecule has 12 nitrogen and oxygen atoms in total. The van der Waals surface area contributed by atoms with Crippen LogP contribution in [0.25, 0.3) is 6.08 Å². The number of methoxy groups -OCH3 is 1. The topological polar surface area (TPSA) is 159 Å². The summed E-state index contributed by atoms with van der Waals surface area (Å²) in [5.41, 5.74) is 3.19. The molecule has 4 aromatic rings. The van der Waals surface area contributed by atoms with Gasteiger partial charge in [-0.15, -0.1) is 0 Å². The van der Waals surface area contributed by atoms with Gasteiger partial charge < -0.3 is 9.84 Å². The average Bonchev–Trinajstić information content (AvgIpc) is 3.56. The molecule has 14 heteroatoms. The predicted molar refractivity (Wildman–Crippen MR) is 199 cm³/mol. The van der Waals surface area contributed by atoms with Crippen LogP contribution in [-0.2, 0) is 24.6 Å². The first-order valence-corrected chi connectivity index (χ1v) is 17.9. The molecule has 4 aliphatic rings. The summed E-state index contributed by atoms with van der Waals surface area (Å²) >= 11 is 6.34. The first-order chi connectivity index (χ1) is 26.4. The Bertz CT molecular complexity index is 2350. The Morgan fingerprint density at radius 3 is 2.42 bits per heavy atom. The lowest BCUT2D eigenvalue weighted by Gasteiger charge is -2.49. The number of hydrogen-bond acceptors (Lipinski definition) is 9. The fourth-order valence-electron chi connectivity index (χ4n) is 8.91. The third-order valence-corrected chi connectivity index (χ3v) is 11.6. The molecule has 1 saturated carbocycles. The number of ether oxygens (including phenoxy) is 1. The number of nitrogens with one attached hydrogen (secondary N) is 1. The number of hydrazine groups is 1. The molecule has 4 amide bonds. The molecule has 6 atom stereocenters. The molecular formula is C41H32ClFN4O8. The lowest BCUT2D eigenvalue weighted by atomic mass is 9.50. The van der Waals surface area contributed by atoms with Crippen LogP contribution in [0.4, 0.5) is 21.5 Å². The van der Waals surface area contributed by atoms with Crippen molar-refractivity contribution in [3.05, 3.63) is 141 Å². The zero-order valence-electron chi connectivity index (χ0n) is 29.1. The van der Waals surface area contributed by atoms with Gasteiger partial charge in [0.25, 0.3) is 17.5 Å². The molecule has 278 valence electrons. The van der Waals surface area contributed by atoms with E-state index in [4.69, 9.17) is 16.3 Å². The zero-order valence-corrected chi connectivity index (χ0v) is 29.9. The standard InChI is InChI=1S/C41H32ClFN4O8/c1-55-35-19-22(6-18-34(35)48)5-17-32-29-15-16-30-36(39(51)45(37(30)49)27-3-2-4-28(20-27)47(53)54)31(29)21-33-38(50)46(44-26-13-11-25(43)12-14-26)40(52)41(32,33)23-7-9-24(42)10-8-23/h2-15,17-20,30-33,36,44,48H,16,21H2,1H3. The highest BCUT2D eigenvalue weighted by molar-refractivity contribution is 6.30. The Morgan fingerprint density at radius 1 is 0.964 bits per heavy atom. The number of nitro groups is 1. The van der Waals surface area contributed by atoms with Crippen molar-refractivity contribution < 1.29 is 38.3 Å². The number of carbonyl (C=O) groups excluding carboxylic acids is 4. The monoisotopic (exact) mass is 762 g/mol. The minimum absolute atomic E-state index is 0.0148. The van der Waals surface area contributed by atoms with Crippen LogP contribution >= 0.6 is 11.6 Å². The Balaban J connectivity index is 1.29. The Hall–Kier alpha value is -6.34. The molecule has 0 aromatic heterocycles. The van der Waals surface area contributed by atoms with Crippen molar-refractivity contribution in [3.8, 4) is 11.5 Å². The number of fused-ring (bicyclic) bond motifs is 4. The molecule has 2 N–H and O–H groups in total. The second kappa shape index (κ2) is 13.5. The van der Waals surface area contributed by atoms with E-state index in [2.05, 4.69) is 5.43 Å². The first-order valence-electron chi connectivity index (χ1n) is 17.5. The summed E-state index contributed by atoms with van der Waals surface area (Å²) in [5, 5.41) is 23.2. The summed E-state index contributed by atoms with van der Waals surface area (Å²) in [6.45, 7) is 0. The molecule has 6 unspecified atom stereocenters. The minimum atomic E-state index is -1.58. The van der Waals surface area contributed by atoms with Crippen molar-refractivity contribution in [2.45, 2.75) is 18.3 Å². The number of aromatic hydroxyl groups is 1. The maximum atomic E-state index is 15.2. The summed E-state index contributed by atoms with van der Waals surface area (Å²) in [6, 6.07) is 21.9. The summed E-state index contributed by atoms with van der Waals surface area (Å²) < 4.78 is 19.2. The molecule has 2 heterocycles. The molecule has 4 aromatic carbocycles. The highest BCUT2D eigenvalue weighted by Crippen LogP contribution is 2.61. The second-order valence-electron chi connectivity index (χ2n) is 14.0. The number of imide groups is 2. The lowest BCUT2D eigenvalue weighted by molar-refractivity contribution is -0.384. The van der Waals surface area contributed by atoms with Gasteiger partial charge in [0.1, 0.15) is 5.82 Å². The number of nitrogens with zero attached hydrogens (tertiary/aromatic N) is 3. The van der Waals surface area contributed by atoms with Gasteiger partial charge >= 0.3 is 0 Å². The number of allylic oxidation sites excluding steroid dienone is 3. The lowest BCUT2D eigenvalue weighted by Crippen LogP contribution is -2.54. The molecule has 0 spiro atoms. The molecule has 3 fully saturated rings. The third kappa shape index (κ3) is 5.65. The van der Waals surface area contributed by atoms with E-state index in [1.54, 1.807) is 48.6 Å². The van der Waals surface area contributed by atoms with E-state index < -0.39 is 69.4 Å². The SMILES string of the molecule is COc1cc(C=CC2C3=CCC4C(=O)N(c5cccc([N+](=O)[O-])c5)C(=O)C4C3CC3C(=O)N(Nc4ccc(F)cc4)C(=O)C23c2ccc(Cl)cc2)ccc1O. The second-order valence-corrected chi connectivity index (χ2v) is 14.4. The number of phenolic OH excluding ortho intramolecular Hbond substituents is 1. The smallest absolute Gasteiger partial charge is 0.271 e. The zero-order chi connectivity index (χ0) is 38.8. The van der Waals surface area contributed by atoms with Crippen molar-refractivity contribution in [2.24, 2.45) is 29.6 Å². The molecule has 2 saturated heterocycles. The fraction of sp³-hybridized carbons (Fsp3) is 0.220. The van der Waals surface area contributed by atoms with Crippen molar-refractivity contribution in [3.63, 3.8) is 0 Å². The van der Waals surface area contributed by atoms with Crippen molar-refractivity contribution in [2.75, 3.05) is 17.4 Å². The largest absolute Gasteiger partial charge is 0.504 e. The van der Waals surface area contributed by atoms with Gasteiger partial charge in [0.15, 0.2) is 11.5 Å². The van der Waals surface area contributed by atoms with E-state index in [0.29, 0.717) is 21.7 Å². The summed E-state index contributed by atoms with van der Waals surface area (Å²) in [6.07, 6.45) is 5.59. The van der Waals surface area contributed by atoms with E-state index in [1.807, 2.05) is 6.08 Å². The Labute approximate surface area is 318 Å². The van der Waals surface area contributed by atoms with Crippen LogP contribution in [0, 0.1) is 45.5 Å². The number of hydrogen-bond donors (Lipinski definition) is 2. The Morgan fingerprint density at radius 2 is 1.71 bits per heavy atom. The van der Waals surface area contributed by atoms with E-state index in [1.165, 1.54) is 61.7 Å². The number of nitro benzene ring substituents is 1. The van der Waals surface area contributed by atoms with Crippen LogP contribution in [0.15, 0.2) is 109 Å². The number of halogens is 2. The summed E-state index contributed by atoms with van der Waals surface area (Å²) in [5.74, 6) is -6.92. The highest BCUT2D eigenvalue weighted by atomic mass is 35.5. The molecular weight excluding hydrogens is 731 g/mol. The number of rotatable bonds is 8. The molecule has 0 radical (unpaired) electrons. The van der Waals surface area contributed by atoms with E-state index in [0.717, 1.165) is 9.91 Å². The summed E-state index contributed by atoms with van der Waals surface area (Å²) in [4.78, 5) is 70.4. The van der Waals surface area contributed by atoms with Gasteiger partial charge in [0.05, 0.1) is 46.6 Å². The Kier molecular flexibility index (Phi) is 8.76. The van der Waals surface area contributed by atoms with Gasteiger partial charge in [0, 0.05) is 23.1 Å². The fourth-order valence-corrected chi connectivity index (χ4v) is 9.03. The maximum Gasteiger partial charge on any atom is 0.271 e. The van der Waals surface area contributed by atoms with Crippen molar-refractivity contribution >= 4 is 58.4 Å². The molecule has 2 aliphatic heterocycles. The van der Waals surface area contributed by atoms with Gasteiger partial charge in [0.2, 0.25) is 11.8 Å².